The maximum absolute atomic E-state index is 11.6. The summed E-state index contributed by atoms with van der Waals surface area (Å²) in [6.07, 6.45) is 0.645. The molecule has 102 valence electrons. The lowest BCUT2D eigenvalue weighted by molar-refractivity contribution is -0.391. The fourth-order valence-corrected chi connectivity index (χ4v) is 2.18. The maximum atomic E-state index is 11.6. The van der Waals surface area contributed by atoms with E-state index in [2.05, 4.69) is 4.98 Å². The zero-order valence-electron chi connectivity index (χ0n) is 11.2. The van der Waals surface area contributed by atoms with Gasteiger partial charge >= 0.3 is 5.82 Å². The molecule has 2 atom stereocenters. The molecule has 1 saturated carbocycles. The SMILES string of the molecule is CCC1(C)C(=O)CC1Oc1ccc(C)nc1[N+](=O)[O-]. The Morgan fingerprint density at radius 3 is 2.79 bits per heavy atom. The first kappa shape index (κ1) is 13.5. The van der Waals surface area contributed by atoms with Crippen LogP contribution >= 0.6 is 0 Å². The van der Waals surface area contributed by atoms with Gasteiger partial charge in [0.1, 0.15) is 17.6 Å². The number of hydrogen-bond acceptors (Lipinski definition) is 5. The monoisotopic (exact) mass is 264 g/mol. The van der Waals surface area contributed by atoms with E-state index in [1.54, 1.807) is 19.1 Å². The Kier molecular flexibility index (Phi) is 3.26. The van der Waals surface area contributed by atoms with Crippen LogP contribution < -0.4 is 4.74 Å². The van der Waals surface area contributed by atoms with E-state index in [0.29, 0.717) is 18.5 Å². The van der Waals surface area contributed by atoms with Crippen molar-refractivity contribution in [3.63, 3.8) is 0 Å². The third-order valence-electron chi connectivity index (χ3n) is 3.87. The zero-order chi connectivity index (χ0) is 14.2. The largest absolute Gasteiger partial charge is 0.481 e. The van der Waals surface area contributed by atoms with E-state index in [-0.39, 0.29) is 23.5 Å². The smallest absolute Gasteiger partial charge is 0.406 e. The van der Waals surface area contributed by atoms with Crippen LogP contribution in [0.15, 0.2) is 12.1 Å². The van der Waals surface area contributed by atoms with Gasteiger partial charge in [0.25, 0.3) is 0 Å². The standard InChI is InChI=1S/C13H16N2O4/c1-4-13(3)10(16)7-11(13)19-9-6-5-8(2)14-12(9)15(17)18/h5-6,11H,4,7H2,1-3H3. The van der Waals surface area contributed by atoms with Gasteiger partial charge in [-0.25, -0.2) is 0 Å². The van der Waals surface area contributed by atoms with Crippen LogP contribution in [0.25, 0.3) is 0 Å². The van der Waals surface area contributed by atoms with Crippen molar-refractivity contribution in [3.8, 4) is 5.75 Å². The number of pyridine rings is 1. The van der Waals surface area contributed by atoms with Gasteiger partial charge in [-0.3, -0.25) is 4.79 Å². The number of aromatic nitrogens is 1. The van der Waals surface area contributed by atoms with E-state index < -0.39 is 10.3 Å². The molecule has 6 nitrogen and oxygen atoms in total. The van der Waals surface area contributed by atoms with Crippen molar-refractivity contribution in [1.29, 1.82) is 0 Å². The molecule has 1 aliphatic rings. The molecule has 1 fully saturated rings. The number of nitro groups is 1. The Bertz CT molecular complexity index is 543. The highest BCUT2D eigenvalue weighted by Crippen LogP contribution is 2.43. The molecule has 1 aromatic heterocycles. The lowest BCUT2D eigenvalue weighted by atomic mass is 9.64. The van der Waals surface area contributed by atoms with Gasteiger partial charge in [0.2, 0.25) is 5.75 Å². The van der Waals surface area contributed by atoms with Gasteiger partial charge in [0.05, 0.1) is 5.41 Å². The maximum Gasteiger partial charge on any atom is 0.406 e. The number of rotatable bonds is 4. The molecule has 1 heterocycles. The van der Waals surface area contributed by atoms with Crippen LogP contribution in [0.1, 0.15) is 32.4 Å². The van der Waals surface area contributed by atoms with Crippen LogP contribution in [0.3, 0.4) is 0 Å². The minimum Gasteiger partial charge on any atom is -0.481 e. The Balaban J connectivity index is 2.25. The number of nitrogens with zero attached hydrogens (tertiary/aromatic N) is 2. The summed E-state index contributed by atoms with van der Waals surface area (Å²) in [6.45, 7) is 5.42. The molecule has 1 aromatic rings. The molecule has 6 heteroatoms. The average molecular weight is 264 g/mol. The van der Waals surface area contributed by atoms with Crippen molar-refractivity contribution in [2.45, 2.75) is 39.7 Å². The second-order valence-corrected chi connectivity index (χ2v) is 5.04. The number of carbonyl (C=O) groups excluding carboxylic acids is 1. The van der Waals surface area contributed by atoms with Gasteiger partial charge in [-0.05, 0) is 35.4 Å². The Labute approximate surface area is 110 Å². The summed E-state index contributed by atoms with van der Waals surface area (Å²) in [5.74, 6) is -0.0201. The van der Waals surface area contributed by atoms with Gasteiger partial charge < -0.3 is 14.9 Å². The summed E-state index contributed by atoms with van der Waals surface area (Å²) in [5, 5.41) is 11.0. The molecule has 0 amide bonds. The summed E-state index contributed by atoms with van der Waals surface area (Å²) in [6, 6.07) is 3.20. The van der Waals surface area contributed by atoms with Crippen LogP contribution in [0, 0.1) is 22.5 Å². The van der Waals surface area contributed by atoms with Crippen molar-refractivity contribution in [1.82, 2.24) is 4.98 Å². The molecule has 0 N–H and O–H groups in total. The lowest BCUT2D eigenvalue weighted by Crippen LogP contribution is -2.54. The third-order valence-corrected chi connectivity index (χ3v) is 3.87. The van der Waals surface area contributed by atoms with Gasteiger partial charge in [-0.2, -0.15) is 0 Å². The fourth-order valence-electron chi connectivity index (χ4n) is 2.18. The van der Waals surface area contributed by atoms with Crippen molar-refractivity contribution in [2.24, 2.45) is 5.41 Å². The van der Waals surface area contributed by atoms with Crippen LogP contribution in [0.4, 0.5) is 5.82 Å². The van der Waals surface area contributed by atoms with Gasteiger partial charge in [0, 0.05) is 13.3 Å². The number of ether oxygens (including phenoxy) is 1. The van der Waals surface area contributed by atoms with E-state index in [9.17, 15) is 14.9 Å². The minimum absolute atomic E-state index is 0.132. The Morgan fingerprint density at radius 1 is 1.58 bits per heavy atom. The Morgan fingerprint density at radius 2 is 2.26 bits per heavy atom. The molecular formula is C13H16N2O4. The van der Waals surface area contributed by atoms with Crippen LogP contribution in [0.2, 0.25) is 0 Å². The summed E-state index contributed by atoms with van der Waals surface area (Å²) in [7, 11) is 0. The molecule has 19 heavy (non-hydrogen) atoms. The first-order chi connectivity index (χ1) is 8.88. The molecule has 0 aromatic carbocycles. The third kappa shape index (κ3) is 2.18. The van der Waals surface area contributed by atoms with Crippen molar-refractivity contribution < 1.29 is 14.5 Å². The molecule has 2 rings (SSSR count). The predicted octanol–water partition coefficient (Wildman–Crippen LogP) is 2.43. The Hall–Kier alpha value is -1.98. The van der Waals surface area contributed by atoms with E-state index in [1.165, 1.54) is 0 Å². The summed E-state index contributed by atoms with van der Waals surface area (Å²) < 4.78 is 5.65. The van der Waals surface area contributed by atoms with Crippen molar-refractivity contribution in [3.05, 3.63) is 27.9 Å². The van der Waals surface area contributed by atoms with Crippen LogP contribution in [-0.2, 0) is 4.79 Å². The minimum atomic E-state index is -0.563. The van der Waals surface area contributed by atoms with E-state index >= 15 is 0 Å². The first-order valence-corrected chi connectivity index (χ1v) is 6.20. The molecule has 0 spiro atoms. The van der Waals surface area contributed by atoms with Gasteiger partial charge in [0.15, 0.2) is 0 Å². The fraction of sp³-hybridized carbons (Fsp3) is 0.538. The highest BCUT2D eigenvalue weighted by Gasteiger charge is 2.52. The lowest BCUT2D eigenvalue weighted by Gasteiger charge is -2.43. The van der Waals surface area contributed by atoms with E-state index in [1.807, 2.05) is 13.8 Å². The highest BCUT2D eigenvalue weighted by atomic mass is 16.6. The summed E-state index contributed by atoms with van der Waals surface area (Å²) in [4.78, 5) is 25.9. The van der Waals surface area contributed by atoms with Crippen molar-refractivity contribution in [2.75, 3.05) is 0 Å². The first-order valence-electron chi connectivity index (χ1n) is 6.20. The quantitative estimate of drug-likeness (QED) is 0.616. The number of Topliss-reactive ketones (excluding diaryl/α,β-unsaturated/α-hetero) is 1. The molecule has 0 bridgehead atoms. The van der Waals surface area contributed by atoms with Crippen LogP contribution in [-0.4, -0.2) is 21.8 Å². The van der Waals surface area contributed by atoms with E-state index in [0.717, 1.165) is 0 Å². The second kappa shape index (κ2) is 4.60. The normalized spacial score (nSPS) is 25.8. The zero-order valence-corrected chi connectivity index (χ0v) is 11.2. The molecular weight excluding hydrogens is 248 g/mol. The molecule has 1 aliphatic carbocycles. The number of ketones is 1. The topological polar surface area (TPSA) is 82.3 Å². The van der Waals surface area contributed by atoms with Crippen molar-refractivity contribution >= 4 is 11.6 Å². The number of carbonyl (C=O) groups is 1. The van der Waals surface area contributed by atoms with E-state index in [4.69, 9.17) is 4.74 Å². The predicted molar refractivity (Wildman–Crippen MR) is 68.1 cm³/mol. The molecule has 2 unspecified atom stereocenters. The second-order valence-electron chi connectivity index (χ2n) is 5.04. The number of hydrogen-bond donors (Lipinski definition) is 0. The molecule has 0 radical (unpaired) electrons. The summed E-state index contributed by atoms with van der Waals surface area (Å²) in [5.41, 5.74) is 0.0145. The molecule has 0 saturated heterocycles. The van der Waals surface area contributed by atoms with Gasteiger partial charge in [-0.15, -0.1) is 0 Å². The average Bonchev–Trinajstić information content (AvgIpc) is 2.38. The van der Waals surface area contributed by atoms with Crippen LogP contribution in [0.5, 0.6) is 5.75 Å². The highest BCUT2D eigenvalue weighted by molar-refractivity contribution is 5.92. The van der Waals surface area contributed by atoms with Gasteiger partial charge in [-0.1, -0.05) is 6.92 Å². The molecule has 0 aliphatic heterocycles. The number of aryl methyl sites for hydroxylation is 1. The summed E-state index contributed by atoms with van der Waals surface area (Å²) >= 11 is 0.